The highest BCUT2D eigenvalue weighted by Gasteiger charge is 2.32. The predicted molar refractivity (Wildman–Crippen MR) is 126 cm³/mol. The molecule has 3 aliphatic rings. The average molecular weight is 433 g/mol. The van der Waals surface area contributed by atoms with Crippen molar-refractivity contribution in [2.75, 3.05) is 52.5 Å². The standard InChI is InChI=1S/C27H32N2O3/c1-2-31-16-15-29-13-11-28(12-14-29)10-9-20-7-8-24-22(17-20)19-32-27(24)26-23-6-4-3-5-21(23)18-25(26)30/h3-8,17H,2,9-16,18-19H2,1H3/b27-26+. The monoisotopic (exact) mass is 432 g/mol. The number of hydrogen-bond donors (Lipinski definition) is 0. The van der Waals surface area contributed by atoms with Crippen LogP contribution < -0.4 is 0 Å². The molecular weight excluding hydrogens is 400 g/mol. The predicted octanol–water partition coefficient (Wildman–Crippen LogP) is 3.41. The molecule has 5 nitrogen and oxygen atoms in total. The Bertz CT molecular complexity index is 1020. The van der Waals surface area contributed by atoms with Crippen LogP contribution in [0.25, 0.3) is 11.3 Å². The highest BCUT2D eigenvalue weighted by molar-refractivity contribution is 6.31. The molecule has 5 heteroatoms. The molecule has 2 aromatic carbocycles. The first kappa shape index (κ1) is 21.4. The van der Waals surface area contributed by atoms with E-state index in [-0.39, 0.29) is 5.78 Å². The van der Waals surface area contributed by atoms with Crippen LogP contribution in [0.15, 0.2) is 42.5 Å². The van der Waals surface area contributed by atoms with Crippen LogP contribution in [0, 0.1) is 0 Å². The topological polar surface area (TPSA) is 42.0 Å². The third-order valence-electron chi connectivity index (χ3n) is 6.87. The van der Waals surface area contributed by atoms with E-state index < -0.39 is 0 Å². The van der Waals surface area contributed by atoms with Crippen LogP contribution in [0.5, 0.6) is 0 Å². The minimum Gasteiger partial charge on any atom is -0.487 e. The molecule has 1 saturated heterocycles. The Labute approximate surface area is 190 Å². The number of fused-ring (bicyclic) bond motifs is 2. The molecule has 0 N–H and O–H groups in total. The first-order valence-electron chi connectivity index (χ1n) is 11.9. The van der Waals surface area contributed by atoms with E-state index in [9.17, 15) is 4.79 Å². The molecule has 1 aliphatic carbocycles. The highest BCUT2D eigenvalue weighted by atomic mass is 16.5. The quantitative estimate of drug-likeness (QED) is 0.496. The molecule has 1 fully saturated rings. The van der Waals surface area contributed by atoms with Gasteiger partial charge in [0, 0.05) is 63.4 Å². The lowest BCUT2D eigenvalue weighted by molar-refractivity contribution is -0.112. The Morgan fingerprint density at radius 1 is 0.938 bits per heavy atom. The van der Waals surface area contributed by atoms with E-state index in [4.69, 9.17) is 9.47 Å². The van der Waals surface area contributed by atoms with Gasteiger partial charge in [-0.2, -0.15) is 0 Å². The summed E-state index contributed by atoms with van der Waals surface area (Å²) in [5.41, 5.74) is 6.51. The molecule has 168 valence electrons. The minimum atomic E-state index is 0.165. The van der Waals surface area contributed by atoms with Gasteiger partial charge in [0.25, 0.3) is 0 Å². The number of Topliss-reactive ketones (excluding diaryl/α,β-unsaturated/α-hetero) is 1. The van der Waals surface area contributed by atoms with Crippen molar-refractivity contribution in [2.45, 2.75) is 26.4 Å². The smallest absolute Gasteiger partial charge is 0.171 e. The maximum atomic E-state index is 12.7. The molecule has 32 heavy (non-hydrogen) atoms. The van der Waals surface area contributed by atoms with Gasteiger partial charge in [-0.15, -0.1) is 0 Å². The second kappa shape index (κ2) is 9.57. The molecule has 0 amide bonds. The zero-order valence-electron chi connectivity index (χ0n) is 18.9. The van der Waals surface area contributed by atoms with E-state index in [0.29, 0.717) is 13.0 Å². The lowest BCUT2D eigenvalue weighted by Crippen LogP contribution is -2.47. The van der Waals surface area contributed by atoms with E-state index in [1.54, 1.807) is 0 Å². The third kappa shape index (κ3) is 4.38. The molecule has 0 atom stereocenters. The second-order valence-electron chi connectivity index (χ2n) is 8.87. The SMILES string of the molecule is CCOCCN1CCN(CCc2ccc3c(c2)CO/C3=C2/C(=O)Cc3ccccc32)CC1. The summed E-state index contributed by atoms with van der Waals surface area (Å²) in [4.78, 5) is 17.8. The normalized spacial score (nSPS) is 21.0. The van der Waals surface area contributed by atoms with Gasteiger partial charge in [0.05, 0.1) is 12.2 Å². The van der Waals surface area contributed by atoms with Crippen molar-refractivity contribution in [1.29, 1.82) is 0 Å². The van der Waals surface area contributed by atoms with Gasteiger partial charge in [-0.05, 0) is 30.0 Å². The fraction of sp³-hybridized carbons (Fsp3) is 0.444. The molecule has 0 spiro atoms. The average Bonchev–Trinajstić information content (AvgIpc) is 3.37. The summed E-state index contributed by atoms with van der Waals surface area (Å²) < 4.78 is 11.5. The minimum absolute atomic E-state index is 0.165. The van der Waals surface area contributed by atoms with Crippen molar-refractivity contribution >= 4 is 17.1 Å². The zero-order chi connectivity index (χ0) is 21.9. The van der Waals surface area contributed by atoms with Crippen LogP contribution in [0.3, 0.4) is 0 Å². The summed E-state index contributed by atoms with van der Waals surface area (Å²) in [5.74, 6) is 0.934. The number of carbonyl (C=O) groups is 1. The number of ether oxygens (including phenoxy) is 2. The van der Waals surface area contributed by atoms with E-state index in [0.717, 1.165) is 86.9 Å². The maximum Gasteiger partial charge on any atom is 0.171 e. The number of benzene rings is 2. The van der Waals surface area contributed by atoms with E-state index in [2.05, 4.69) is 28.0 Å². The summed E-state index contributed by atoms with van der Waals surface area (Å²) in [7, 11) is 0. The van der Waals surface area contributed by atoms with Crippen molar-refractivity contribution < 1.29 is 14.3 Å². The van der Waals surface area contributed by atoms with Gasteiger partial charge in [-0.3, -0.25) is 9.69 Å². The molecule has 2 aliphatic heterocycles. The molecule has 5 rings (SSSR count). The molecular formula is C27H32N2O3. The zero-order valence-corrected chi connectivity index (χ0v) is 18.9. The van der Waals surface area contributed by atoms with E-state index in [1.807, 2.05) is 31.2 Å². The van der Waals surface area contributed by atoms with Gasteiger partial charge in [-0.1, -0.05) is 42.5 Å². The van der Waals surface area contributed by atoms with Gasteiger partial charge < -0.3 is 14.4 Å². The lowest BCUT2D eigenvalue weighted by Gasteiger charge is -2.34. The molecule has 2 heterocycles. The fourth-order valence-corrected chi connectivity index (χ4v) is 5.02. The Morgan fingerprint density at radius 2 is 1.72 bits per heavy atom. The number of carbonyl (C=O) groups excluding carboxylic acids is 1. The maximum absolute atomic E-state index is 12.7. The van der Waals surface area contributed by atoms with Crippen molar-refractivity contribution in [3.05, 3.63) is 70.3 Å². The number of rotatable bonds is 7. The largest absolute Gasteiger partial charge is 0.487 e. The van der Waals surface area contributed by atoms with Crippen LogP contribution in [0.2, 0.25) is 0 Å². The van der Waals surface area contributed by atoms with Crippen LogP contribution in [0.1, 0.15) is 34.7 Å². The van der Waals surface area contributed by atoms with Crippen LogP contribution >= 0.6 is 0 Å². The summed E-state index contributed by atoms with van der Waals surface area (Å²) in [6.07, 6.45) is 1.52. The van der Waals surface area contributed by atoms with E-state index in [1.165, 1.54) is 11.1 Å². The summed E-state index contributed by atoms with van der Waals surface area (Å²) in [6, 6.07) is 14.7. The highest BCUT2D eigenvalue weighted by Crippen LogP contribution is 2.40. The lowest BCUT2D eigenvalue weighted by atomic mass is 9.98. The molecule has 0 aromatic heterocycles. The van der Waals surface area contributed by atoms with Gasteiger partial charge in [0.1, 0.15) is 12.4 Å². The fourth-order valence-electron chi connectivity index (χ4n) is 5.02. The number of ketones is 1. The van der Waals surface area contributed by atoms with Gasteiger partial charge in [0.2, 0.25) is 0 Å². The number of allylic oxidation sites excluding steroid dienone is 1. The van der Waals surface area contributed by atoms with Crippen molar-refractivity contribution in [3.8, 4) is 0 Å². The Hall–Kier alpha value is -2.47. The number of nitrogens with zero attached hydrogens (tertiary/aromatic N) is 2. The molecule has 0 radical (unpaired) electrons. The van der Waals surface area contributed by atoms with Crippen LogP contribution in [-0.2, 0) is 33.7 Å². The van der Waals surface area contributed by atoms with Crippen molar-refractivity contribution in [3.63, 3.8) is 0 Å². The summed E-state index contributed by atoms with van der Waals surface area (Å²) in [5, 5.41) is 0. The molecule has 0 bridgehead atoms. The van der Waals surface area contributed by atoms with Crippen LogP contribution in [-0.4, -0.2) is 68.1 Å². The van der Waals surface area contributed by atoms with Crippen molar-refractivity contribution in [1.82, 2.24) is 9.80 Å². The van der Waals surface area contributed by atoms with Gasteiger partial charge >= 0.3 is 0 Å². The van der Waals surface area contributed by atoms with Gasteiger partial charge in [-0.25, -0.2) is 0 Å². The number of hydrogen-bond acceptors (Lipinski definition) is 5. The van der Waals surface area contributed by atoms with Crippen LogP contribution in [0.4, 0.5) is 0 Å². The molecule has 0 unspecified atom stereocenters. The summed E-state index contributed by atoms with van der Waals surface area (Å²) >= 11 is 0. The molecule has 0 saturated carbocycles. The molecule has 2 aromatic rings. The Kier molecular flexibility index (Phi) is 6.39. The first-order chi connectivity index (χ1) is 15.7. The Balaban J connectivity index is 1.22. The van der Waals surface area contributed by atoms with E-state index >= 15 is 0 Å². The second-order valence-corrected chi connectivity index (χ2v) is 8.87. The van der Waals surface area contributed by atoms with Crippen molar-refractivity contribution in [2.24, 2.45) is 0 Å². The Morgan fingerprint density at radius 3 is 2.53 bits per heavy atom. The summed E-state index contributed by atoms with van der Waals surface area (Å²) in [6.45, 7) is 10.8. The first-order valence-corrected chi connectivity index (χ1v) is 11.9. The third-order valence-corrected chi connectivity index (χ3v) is 6.87. The van der Waals surface area contributed by atoms with Gasteiger partial charge in [0.15, 0.2) is 5.78 Å². The number of piperazine rings is 1.